The van der Waals surface area contributed by atoms with Gasteiger partial charge in [0.2, 0.25) is 5.91 Å². The maximum absolute atomic E-state index is 13.5. The van der Waals surface area contributed by atoms with Crippen LogP contribution in [0.5, 0.6) is 0 Å². The molecule has 0 bridgehead atoms. The number of fused-ring (bicyclic) bond motifs is 1. The molecular formula is C11H10BrClFN3O. The molecule has 4 nitrogen and oxygen atoms in total. The maximum atomic E-state index is 13.5. The molecule has 0 aliphatic heterocycles. The average molecular weight is 335 g/mol. The zero-order chi connectivity index (χ0) is 13.3. The molecule has 0 atom stereocenters. The first-order valence-electron chi connectivity index (χ1n) is 5.17. The molecule has 0 fully saturated rings. The summed E-state index contributed by atoms with van der Waals surface area (Å²) in [5.41, 5.74) is 1.15. The van der Waals surface area contributed by atoms with Crippen LogP contribution in [0.4, 0.5) is 4.39 Å². The second-order valence-electron chi connectivity index (χ2n) is 3.68. The number of hydrogen-bond acceptors (Lipinski definition) is 2. The van der Waals surface area contributed by atoms with Gasteiger partial charge in [0.25, 0.3) is 0 Å². The predicted octanol–water partition coefficient (Wildman–Crippen LogP) is 2.42. The third-order valence-electron chi connectivity index (χ3n) is 2.57. The lowest BCUT2D eigenvalue weighted by Crippen LogP contribution is -2.24. The van der Waals surface area contributed by atoms with E-state index in [1.54, 1.807) is 17.7 Å². The van der Waals surface area contributed by atoms with Crippen LogP contribution < -0.4 is 5.32 Å². The molecule has 1 amide bonds. The molecule has 0 unspecified atom stereocenters. The lowest BCUT2D eigenvalue weighted by atomic mass is 10.3. The molecule has 2 aromatic rings. The van der Waals surface area contributed by atoms with Gasteiger partial charge in [-0.05, 0) is 22.0 Å². The first-order valence-corrected chi connectivity index (χ1v) is 6.50. The van der Waals surface area contributed by atoms with E-state index in [0.29, 0.717) is 21.3 Å². The van der Waals surface area contributed by atoms with Gasteiger partial charge in [0.1, 0.15) is 18.2 Å². The molecule has 1 aromatic carbocycles. The normalized spacial score (nSPS) is 10.9. The van der Waals surface area contributed by atoms with Crippen LogP contribution in [0.25, 0.3) is 11.0 Å². The Morgan fingerprint density at radius 3 is 2.94 bits per heavy atom. The minimum Gasteiger partial charge on any atom is -0.358 e. The SMILES string of the molecule is CNC(=O)Cn1c(CCl)nc2cc(Br)c(F)cc21. The molecule has 0 aliphatic rings. The Morgan fingerprint density at radius 2 is 2.33 bits per heavy atom. The molecule has 0 saturated heterocycles. The fraction of sp³-hybridized carbons (Fsp3) is 0.273. The zero-order valence-electron chi connectivity index (χ0n) is 9.51. The van der Waals surface area contributed by atoms with Crippen molar-refractivity contribution < 1.29 is 9.18 Å². The lowest BCUT2D eigenvalue weighted by Gasteiger charge is -2.06. The first-order chi connectivity index (χ1) is 8.56. The van der Waals surface area contributed by atoms with E-state index >= 15 is 0 Å². The fourth-order valence-corrected chi connectivity index (χ4v) is 2.21. The van der Waals surface area contributed by atoms with Gasteiger partial charge in [-0.15, -0.1) is 11.6 Å². The summed E-state index contributed by atoms with van der Waals surface area (Å²) >= 11 is 8.89. The molecule has 0 spiro atoms. The van der Waals surface area contributed by atoms with Gasteiger partial charge in [-0.1, -0.05) is 0 Å². The monoisotopic (exact) mass is 333 g/mol. The highest BCUT2D eigenvalue weighted by molar-refractivity contribution is 9.10. The molecule has 18 heavy (non-hydrogen) atoms. The van der Waals surface area contributed by atoms with Gasteiger partial charge in [0, 0.05) is 13.1 Å². The van der Waals surface area contributed by atoms with Crippen LogP contribution in [0.2, 0.25) is 0 Å². The molecule has 2 rings (SSSR count). The summed E-state index contributed by atoms with van der Waals surface area (Å²) in [6, 6.07) is 2.91. The topological polar surface area (TPSA) is 46.9 Å². The summed E-state index contributed by atoms with van der Waals surface area (Å²) in [4.78, 5) is 15.7. The Bertz CT molecular complexity index is 614. The molecule has 0 aliphatic carbocycles. The first kappa shape index (κ1) is 13.3. The number of nitrogens with zero attached hydrogens (tertiary/aromatic N) is 2. The number of hydrogen-bond donors (Lipinski definition) is 1. The number of carbonyl (C=O) groups is 1. The predicted molar refractivity (Wildman–Crippen MR) is 71.0 cm³/mol. The summed E-state index contributed by atoms with van der Waals surface area (Å²) < 4.78 is 15.5. The number of carbonyl (C=O) groups excluding carboxylic acids is 1. The van der Waals surface area contributed by atoms with Gasteiger partial charge < -0.3 is 9.88 Å². The lowest BCUT2D eigenvalue weighted by molar-refractivity contribution is -0.121. The Balaban J connectivity index is 2.61. The standard InChI is InChI=1S/C11H10BrClFN3O/c1-15-11(18)5-17-9-3-7(14)6(12)2-8(9)16-10(17)4-13/h2-3H,4-5H2,1H3,(H,15,18). The van der Waals surface area contributed by atoms with Crippen LogP contribution in [-0.4, -0.2) is 22.5 Å². The van der Waals surface area contributed by atoms with Gasteiger partial charge in [-0.3, -0.25) is 4.79 Å². The number of alkyl halides is 1. The zero-order valence-corrected chi connectivity index (χ0v) is 11.8. The molecule has 1 aromatic heterocycles. The van der Waals surface area contributed by atoms with Crippen molar-refractivity contribution in [2.75, 3.05) is 7.05 Å². The van der Waals surface area contributed by atoms with Gasteiger partial charge in [0.15, 0.2) is 0 Å². The minimum absolute atomic E-state index is 0.0656. The highest BCUT2D eigenvalue weighted by atomic mass is 79.9. The number of nitrogens with one attached hydrogen (secondary N) is 1. The highest BCUT2D eigenvalue weighted by Crippen LogP contribution is 2.24. The van der Waals surface area contributed by atoms with Crippen LogP contribution in [0.3, 0.4) is 0 Å². The molecular weight excluding hydrogens is 324 g/mol. The van der Waals surface area contributed by atoms with Crippen molar-refractivity contribution in [3.63, 3.8) is 0 Å². The van der Waals surface area contributed by atoms with E-state index in [-0.39, 0.29) is 18.3 Å². The molecule has 1 heterocycles. The number of rotatable bonds is 3. The maximum Gasteiger partial charge on any atom is 0.239 e. The summed E-state index contributed by atoms with van der Waals surface area (Å²) in [7, 11) is 1.54. The van der Waals surface area contributed by atoms with Gasteiger partial charge in [0.05, 0.1) is 21.4 Å². The van der Waals surface area contributed by atoms with Crippen LogP contribution in [-0.2, 0) is 17.2 Å². The molecule has 7 heteroatoms. The van der Waals surface area contributed by atoms with E-state index in [2.05, 4.69) is 26.2 Å². The second kappa shape index (κ2) is 5.24. The Hall–Kier alpha value is -1.14. The number of imidazole rings is 1. The van der Waals surface area contributed by atoms with Crippen molar-refractivity contribution in [2.24, 2.45) is 0 Å². The smallest absolute Gasteiger partial charge is 0.239 e. The minimum atomic E-state index is -0.401. The summed E-state index contributed by atoms with van der Waals surface area (Å²) in [6.45, 7) is 0.0656. The van der Waals surface area contributed by atoms with Gasteiger partial charge >= 0.3 is 0 Å². The number of aromatic nitrogens is 2. The number of halogens is 3. The van der Waals surface area contributed by atoms with Crippen molar-refractivity contribution >= 4 is 44.5 Å². The number of likely N-dealkylation sites (N-methyl/N-ethyl adjacent to an activating group) is 1. The number of benzene rings is 1. The van der Waals surface area contributed by atoms with E-state index in [1.165, 1.54) is 6.07 Å². The highest BCUT2D eigenvalue weighted by Gasteiger charge is 2.14. The Kier molecular flexibility index (Phi) is 3.87. The molecule has 1 N–H and O–H groups in total. The molecule has 0 saturated carbocycles. The Labute approximate surface area is 116 Å². The summed E-state index contributed by atoms with van der Waals surface area (Å²) in [5, 5.41) is 2.51. The second-order valence-corrected chi connectivity index (χ2v) is 4.80. The van der Waals surface area contributed by atoms with Crippen molar-refractivity contribution in [1.29, 1.82) is 0 Å². The fourth-order valence-electron chi connectivity index (χ4n) is 1.67. The average Bonchev–Trinajstić information content (AvgIpc) is 2.67. The van der Waals surface area contributed by atoms with Gasteiger partial charge in [-0.25, -0.2) is 9.37 Å². The molecule has 0 radical (unpaired) electrons. The van der Waals surface area contributed by atoms with Crippen LogP contribution in [0, 0.1) is 5.82 Å². The third-order valence-corrected chi connectivity index (χ3v) is 3.42. The van der Waals surface area contributed by atoms with Gasteiger partial charge in [-0.2, -0.15) is 0 Å². The van der Waals surface area contributed by atoms with E-state index in [1.807, 2.05) is 0 Å². The van der Waals surface area contributed by atoms with Crippen LogP contribution in [0.15, 0.2) is 16.6 Å². The van der Waals surface area contributed by atoms with E-state index < -0.39 is 5.82 Å². The van der Waals surface area contributed by atoms with Crippen molar-refractivity contribution in [1.82, 2.24) is 14.9 Å². The third kappa shape index (κ3) is 2.35. The van der Waals surface area contributed by atoms with Crippen molar-refractivity contribution in [3.05, 3.63) is 28.2 Å². The quantitative estimate of drug-likeness (QED) is 0.876. The van der Waals surface area contributed by atoms with E-state index in [9.17, 15) is 9.18 Å². The van der Waals surface area contributed by atoms with E-state index in [0.717, 1.165) is 0 Å². The van der Waals surface area contributed by atoms with Crippen molar-refractivity contribution in [2.45, 2.75) is 12.4 Å². The summed E-state index contributed by atoms with van der Waals surface area (Å²) in [5.74, 6) is 0.101. The van der Waals surface area contributed by atoms with E-state index in [4.69, 9.17) is 11.6 Å². The van der Waals surface area contributed by atoms with Crippen LogP contribution in [0.1, 0.15) is 5.82 Å². The van der Waals surface area contributed by atoms with Crippen LogP contribution >= 0.6 is 27.5 Å². The Morgan fingerprint density at radius 1 is 1.61 bits per heavy atom. The summed E-state index contributed by atoms with van der Waals surface area (Å²) in [6.07, 6.45) is 0. The number of amides is 1. The largest absolute Gasteiger partial charge is 0.358 e. The van der Waals surface area contributed by atoms with Crippen molar-refractivity contribution in [3.8, 4) is 0 Å². The molecule has 96 valence electrons.